The summed E-state index contributed by atoms with van der Waals surface area (Å²) in [5, 5.41) is 0. The maximum Gasteiger partial charge on any atom is 0.362 e. The van der Waals surface area contributed by atoms with E-state index in [2.05, 4.69) is 41.5 Å². The second kappa shape index (κ2) is 18.4. The molecular formula is C36H66N2O8+2. The molecule has 0 aromatic carbocycles. The number of rotatable bonds is 17. The van der Waals surface area contributed by atoms with Gasteiger partial charge in [-0.25, -0.2) is 9.59 Å². The van der Waals surface area contributed by atoms with Crippen LogP contribution in [0.2, 0.25) is 0 Å². The van der Waals surface area contributed by atoms with Gasteiger partial charge in [0, 0.05) is 0 Å². The molecule has 2 aliphatic carbocycles. The molecule has 0 amide bonds. The first kappa shape index (κ1) is 40.0. The van der Waals surface area contributed by atoms with Gasteiger partial charge >= 0.3 is 23.9 Å². The van der Waals surface area contributed by atoms with Crippen LogP contribution < -0.4 is 0 Å². The van der Waals surface area contributed by atoms with Crippen molar-refractivity contribution in [1.82, 2.24) is 0 Å². The third-order valence-electron chi connectivity index (χ3n) is 10.1. The van der Waals surface area contributed by atoms with Gasteiger partial charge in [-0.1, -0.05) is 54.4 Å². The van der Waals surface area contributed by atoms with Gasteiger partial charge in [-0.2, -0.15) is 0 Å². The molecule has 2 saturated carbocycles. The Morgan fingerprint density at radius 3 is 1.26 bits per heavy atom. The third kappa shape index (κ3) is 14.7. The standard InChI is InChI=1S/C36H66N2O8/c1-25(2)29-13-11-27(5)21-31(29)45-35(41)23-37(7,8)17-19-43-33(39)15-16-34(40)44-20-18-38(9,10)24-36(42)46-32-22-28(6)12-14-30(32)26(3)4/h25-32H,11-24H2,1-10H3/q+2/t27-,28+,29-,30-,31-,32-/m1/s1. The van der Waals surface area contributed by atoms with E-state index in [0.717, 1.165) is 25.7 Å². The average molecular weight is 655 g/mol. The molecule has 2 fully saturated rings. The van der Waals surface area contributed by atoms with Crippen molar-refractivity contribution in [2.24, 2.45) is 35.5 Å². The number of hydrogen-bond acceptors (Lipinski definition) is 8. The first-order valence-corrected chi connectivity index (χ1v) is 17.7. The van der Waals surface area contributed by atoms with Gasteiger partial charge in [-0.15, -0.1) is 0 Å². The predicted molar refractivity (Wildman–Crippen MR) is 177 cm³/mol. The topological polar surface area (TPSA) is 105 Å². The zero-order chi connectivity index (χ0) is 34.7. The van der Waals surface area contributed by atoms with Crippen LogP contribution in [0.25, 0.3) is 0 Å². The molecule has 0 saturated heterocycles. The molecule has 2 rings (SSSR count). The quantitative estimate of drug-likeness (QED) is 0.122. The Kier molecular flexibility index (Phi) is 16.0. The van der Waals surface area contributed by atoms with Gasteiger partial charge in [0.05, 0.1) is 41.0 Å². The molecule has 2 aliphatic rings. The van der Waals surface area contributed by atoms with E-state index >= 15 is 0 Å². The van der Waals surface area contributed by atoms with E-state index in [9.17, 15) is 19.2 Å². The number of quaternary nitrogens is 2. The summed E-state index contributed by atoms with van der Waals surface area (Å²) in [6, 6.07) is 0. The van der Waals surface area contributed by atoms with Crippen molar-refractivity contribution in [2.75, 3.05) is 67.6 Å². The summed E-state index contributed by atoms with van der Waals surface area (Å²) < 4.78 is 23.3. The molecule has 46 heavy (non-hydrogen) atoms. The Morgan fingerprint density at radius 1 is 0.587 bits per heavy atom. The Morgan fingerprint density at radius 2 is 0.935 bits per heavy atom. The fourth-order valence-corrected chi connectivity index (χ4v) is 6.93. The SMILES string of the molecule is CC(C)[C@H]1CC[C@@H](C)C[C@H]1OC(=O)C[N+](C)(C)CCOC(=O)CCC(=O)OCC[N+](C)(C)CC(=O)O[C@@H]1C[C@@H](C)CC[C@@H]1C(C)C. The van der Waals surface area contributed by atoms with Gasteiger partial charge in [0.15, 0.2) is 13.1 Å². The number of carbonyl (C=O) groups excluding carboxylic acids is 4. The minimum absolute atomic E-state index is 0.0386. The lowest BCUT2D eigenvalue weighted by Gasteiger charge is -2.37. The highest BCUT2D eigenvalue weighted by atomic mass is 16.6. The predicted octanol–water partition coefficient (Wildman–Crippen LogP) is 5.01. The maximum absolute atomic E-state index is 12.8. The van der Waals surface area contributed by atoms with E-state index < -0.39 is 11.9 Å². The molecule has 6 atom stereocenters. The lowest BCUT2D eigenvalue weighted by Crippen LogP contribution is -2.48. The largest absolute Gasteiger partial charge is 0.460 e. The van der Waals surface area contributed by atoms with Crippen LogP contribution in [-0.2, 0) is 38.1 Å². The van der Waals surface area contributed by atoms with Crippen molar-refractivity contribution in [1.29, 1.82) is 0 Å². The van der Waals surface area contributed by atoms with Crippen molar-refractivity contribution < 1.29 is 47.1 Å². The third-order valence-corrected chi connectivity index (χ3v) is 10.1. The molecule has 0 spiro atoms. The van der Waals surface area contributed by atoms with Crippen LogP contribution in [0.1, 0.15) is 92.9 Å². The van der Waals surface area contributed by atoms with Crippen LogP contribution in [0.3, 0.4) is 0 Å². The highest BCUT2D eigenvalue weighted by Gasteiger charge is 2.36. The second-order valence-electron chi connectivity index (χ2n) is 16.3. The zero-order valence-corrected chi connectivity index (χ0v) is 30.7. The van der Waals surface area contributed by atoms with E-state index in [-0.39, 0.29) is 63.3 Å². The molecule has 10 heteroatoms. The van der Waals surface area contributed by atoms with Crippen molar-refractivity contribution in [3.05, 3.63) is 0 Å². The molecular weight excluding hydrogens is 588 g/mol. The first-order valence-electron chi connectivity index (χ1n) is 17.7. The maximum atomic E-state index is 12.8. The fourth-order valence-electron chi connectivity index (χ4n) is 6.93. The van der Waals surface area contributed by atoms with Gasteiger partial charge in [0.2, 0.25) is 0 Å². The summed E-state index contributed by atoms with van der Waals surface area (Å²) in [6.45, 7) is 14.8. The Labute approximate surface area is 279 Å². The molecule has 0 heterocycles. The summed E-state index contributed by atoms with van der Waals surface area (Å²) in [7, 11) is 7.64. The van der Waals surface area contributed by atoms with E-state index in [1.54, 1.807) is 0 Å². The van der Waals surface area contributed by atoms with Crippen molar-refractivity contribution in [3.8, 4) is 0 Å². The summed E-state index contributed by atoms with van der Waals surface area (Å²) in [6.07, 6.45) is 6.12. The van der Waals surface area contributed by atoms with Crippen LogP contribution in [0, 0.1) is 35.5 Å². The molecule has 0 aromatic rings. The van der Waals surface area contributed by atoms with Crippen LogP contribution in [-0.4, -0.2) is 113 Å². The number of hydrogen-bond donors (Lipinski definition) is 0. The van der Waals surface area contributed by atoms with Crippen molar-refractivity contribution in [3.63, 3.8) is 0 Å². The molecule has 0 N–H and O–H groups in total. The molecule has 266 valence electrons. The number of likely N-dealkylation sites (N-methyl/N-ethyl adjacent to an activating group) is 2. The van der Waals surface area contributed by atoms with Crippen LogP contribution >= 0.6 is 0 Å². The highest BCUT2D eigenvalue weighted by molar-refractivity contribution is 5.77. The number of esters is 4. The monoisotopic (exact) mass is 654 g/mol. The normalized spacial score (nSPS) is 25.7. The zero-order valence-electron chi connectivity index (χ0n) is 30.7. The van der Waals surface area contributed by atoms with Gasteiger partial charge in [-0.3, -0.25) is 9.59 Å². The smallest absolute Gasteiger partial charge is 0.362 e. The minimum atomic E-state index is -0.480. The lowest BCUT2D eigenvalue weighted by molar-refractivity contribution is -0.883. The van der Waals surface area contributed by atoms with Gasteiger partial charge in [0.1, 0.15) is 38.5 Å². The fraction of sp³-hybridized carbons (Fsp3) is 0.889. The minimum Gasteiger partial charge on any atom is -0.460 e. The van der Waals surface area contributed by atoms with Gasteiger partial charge in [-0.05, 0) is 61.2 Å². The summed E-state index contributed by atoms with van der Waals surface area (Å²) in [4.78, 5) is 50.1. The van der Waals surface area contributed by atoms with Crippen LogP contribution in [0.5, 0.6) is 0 Å². The second-order valence-corrected chi connectivity index (χ2v) is 16.3. The summed E-state index contributed by atoms with van der Waals surface area (Å²) in [5.74, 6) is 1.44. The molecule has 0 bridgehead atoms. The molecule has 10 nitrogen and oxygen atoms in total. The summed E-state index contributed by atoms with van der Waals surface area (Å²) in [5.41, 5.74) is 0. The Bertz CT molecular complexity index is 916. The van der Waals surface area contributed by atoms with Gasteiger partial charge in [0.25, 0.3) is 0 Å². The number of nitrogens with zero attached hydrogens (tertiary/aromatic N) is 2. The van der Waals surface area contributed by atoms with E-state index in [1.165, 1.54) is 12.8 Å². The highest BCUT2D eigenvalue weighted by Crippen LogP contribution is 2.36. The molecule has 0 aliphatic heterocycles. The van der Waals surface area contributed by atoms with Crippen molar-refractivity contribution >= 4 is 23.9 Å². The Hall–Kier alpha value is -2.20. The number of carbonyl (C=O) groups is 4. The first-order chi connectivity index (χ1) is 21.4. The van der Waals surface area contributed by atoms with Crippen LogP contribution in [0.4, 0.5) is 0 Å². The van der Waals surface area contributed by atoms with Gasteiger partial charge < -0.3 is 27.9 Å². The molecule has 0 unspecified atom stereocenters. The van der Waals surface area contributed by atoms with E-state index in [4.69, 9.17) is 18.9 Å². The molecule has 0 aromatic heterocycles. The molecule has 0 radical (unpaired) electrons. The lowest BCUT2D eigenvalue weighted by atomic mass is 9.75. The Balaban J connectivity index is 1.63. The summed E-state index contributed by atoms with van der Waals surface area (Å²) >= 11 is 0. The van der Waals surface area contributed by atoms with Crippen molar-refractivity contribution in [2.45, 2.75) is 105 Å². The average Bonchev–Trinajstić information content (AvgIpc) is 2.90. The van der Waals surface area contributed by atoms with E-state index in [1.807, 2.05) is 28.2 Å². The number of ether oxygens (including phenoxy) is 4. The van der Waals surface area contributed by atoms with Crippen LogP contribution in [0.15, 0.2) is 0 Å². The van der Waals surface area contributed by atoms with E-state index in [0.29, 0.717) is 57.6 Å².